The maximum absolute atomic E-state index is 5.06. The van der Waals surface area contributed by atoms with E-state index in [9.17, 15) is 0 Å². The van der Waals surface area contributed by atoms with E-state index in [-0.39, 0.29) is 0 Å². The first-order valence-corrected chi connectivity index (χ1v) is 4.59. The van der Waals surface area contributed by atoms with Crippen molar-refractivity contribution >= 4 is 24.0 Å². The third-order valence-corrected chi connectivity index (χ3v) is 2.59. The van der Waals surface area contributed by atoms with Crippen LogP contribution >= 0.6 is 24.0 Å². The third kappa shape index (κ3) is 1.41. The number of thioether (sulfide) groups is 1. The van der Waals surface area contributed by atoms with Crippen LogP contribution in [-0.4, -0.2) is 10.8 Å². The fourth-order valence-corrected chi connectivity index (χ4v) is 1.57. The van der Waals surface area contributed by atoms with Gasteiger partial charge in [0.25, 0.3) is 0 Å². The average Bonchev–Trinajstić information content (AvgIpc) is 1.95. The minimum atomic E-state index is 0.881. The van der Waals surface area contributed by atoms with E-state index in [0.29, 0.717) is 0 Å². The van der Waals surface area contributed by atoms with Crippen molar-refractivity contribution in [1.29, 1.82) is 0 Å². The number of nitrogens with zero attached hydrogens (tertiary/aromatic N) is 1. The van der Waals surface area contributed by atoms with Gasteiger partial charge in [0.05, 0.1) is 5.03 Å². The highest BCUT2D eigenvalue weighted by Gasteiger charge is 1.91. The van der Waals surface area contributed by atoms with Crippen LogP contribution in [-0.2, 0) is 7.05 Å². The number of pyridine rings is 1. The Hall–Kier alpha value is -0.280. The molecule has 0 unspecified atom stereocenters. The first-order valence-electron chi connectivity index (χ1n) is 2.95. The van der Waals surface area contributed by atoms with E-state index < -0.39 is 0 Å². The fraction of sp³-hybridized carbons (Fsp3) is 0.286. The van der Waals surface area contributed by atoms with Crippen molar-refractivity contribution in [2.75, 3.05) is 6.26 Å². The molecule has 0 aliphatic carbocycles. The second-order valence-electron chi connectivity index (χ2n) is 1.97. The quantitative estimate of drug-likeness (QED) is 0.472. The highest BCUT2D eigenvalue weighted by Crippen LogP contribution is 2.12. The first kappa shape index (κ1) is 7.82. The molecule has 1 heterocycles. The molecule has 0 N–H and O–H groups in total. The second kappa shape index (κ2) is 3.21. The van der Waals surface area contributed by atoms with Crippen LogP contribution in [0.3, 0.4) is 0 Å². The van der Waals surface area contributed by atoms with Gasteiger partial charge in [-0.3, -0.25) is 0 Å². The molecule has 1 aromatic heterocycles. The molecule has 10 heavy (non-hydrogen) atoms. The van der Waals surface area contributed by atoms with Crippen LogP contribution in [0.5, 0.6) is 0 Å². The average molecular weight is 171 g/mol. The van der Waals surface area contributed by atoms with Gasteiger partial charge < -0.3 is 4.57 Å². The molecule has 0 saturated heterocycles. The molecule has 1 rings (SSSR count). The molecule has 1 nitrogen and oxygen atoms in total. The maximum atomic E-state index is 5.06. The second-order valence-corrected chi connectivity index (χ2v) is 3.21. The Morgan fingerprint density at radius 3 is 2.70 bits per heavy atom. The zero-order valence-electron chi connectivity index (χ0n) is 6.00. The topological polar surface area (TPSA) is 4.93 Å². The monoisotopic (exact) mass is 171 g/mol. The minimum absolute atomic E-state index is 0.881. The molecular weight excluding hydrogens is 162 g/mol. The lowest BCUT2D eigenvalue weighted by Gasteiger charge is -2.03. The summed E-state index contributed by atoms with van der Waals surface area (Å²) in [6, 6.07) is 5.96. The molecule has 0 amide bonds. The summed E-state index contributed by atoms with van der Waals surface area (Å²) in [5.74, 6) is 0. The van der Waals surface area contributed by atoms with Crippen LogP contribution in [0.4, 0.5) is 0 Å². The van der Waals surface area contributed by atoms with Crippen molar-refractivity contribution in [3.8, 4) is 0 Å². The lowest BCUT2D eigenvalue weighted by Crippen LogP contribution is -1.94. The van der Waals surface area contributed by atoms with Gasteiger partial charge in [0.2, 0.25) is 0 Å². The van der Waals surface area contributed by atoms with Gasteiger partial charge in [-0.25, -0.2) is 0 Å². The molecule has 0 fully saturated rings. The number of hydrogen-bond donors (Lipinski definition) is 0. The molecule has 0 aliphatic heterocycles. The Balaban J connectivity index is 3.28. The van der Waals surface area contributed by atoms with Crippen LogP contribution in [0.1, 0.15) is 0 Å². The molecule has 0 spiro atoms. The molecule has 0 atom stereocenters. The summed E-state index contributed by atoms with van der Waals surface area (Å²) in [6.45, 7) is 0. The van der Waals surface area contributed by atoms with E-state index in [1.54, 1.807) is 11.8 Å². The molecule has 0 aromatic carbocycles. The van der Waals surface area contributed by atoms with Gasteiger partial charge >= 0.3 is 0 Å². The Morgan fingerprint density at radius 2 is 2.20 bits per heavy atom. The lowest BCUT2D eigenvalue weighted by molar-refractivity contribution is 0.788. The summed E-state index contributed by atoms with van der Waals surface area (Å²) in [7, 11) is 1.98. The standard InChI is InChI=1S/C7H9NS2/c1-8-6(9)4-3-5-7(8)10-2/h3-5H,1-2H3. The SMILES string of the molecule is CSc1cccc(=S)n1C. The Morgan fingerprint density at radius 1 is 1.50 bits per heavy atom. The highest BCUT2D eigenvalue weighted by atomic mass is 32.2. The zero-order valence-corrected chi connectivity index (χ0v) is 7.63. The Kier molecular flexibility index (Phi) is 2.51. The number of aromatic nitrogens is 1. The van der Waals surface area contributed by atoms with E-state index in [0.717, 1.165) is 4.64 Å². The summed E-state index contributed by atoms with van der Waals surface area (Å²) in [6.07, 6.45) is 2.05. The zero-order chi connectivity index (χ0) is 7.56. The molecule has 1 aromatic rings. The van der Waals surface area contributed by atoms with Gasteiger partial charge in [0, 0.05) is 7.05 Å². The highest BCUT2D eigenvalue weighted by molar-refractivity contribution is 7.98. The summed E-state index contributed by atoms with van der Waals surface area (Å²) < 4.78 is 2.88. The Labute approximate surface area is 70.1 Å². The van der Waals surface area contributed by atoms with E-state index >= 15 is 0 Å². The third-order valence-electron chi connectivity index (χ3n) is 1.35. The molecule has 3 heteroatoms. The van der Waals surface area contributed by atoms with Crippen LogP contribution in [0.15, 0.2) is 23.2 Å². The number of hydrogen-bond acceptors (Lipinski definition) is 2. The maximum Gasteiger partial charge on any atom is 0.106 e. The summed E-state index contributed by atoms with van der Waals surface area (Å²) in [5.41, 5.74) is 0. The smallest absolute Gasteiger partial charge is 0.106 e. The van der Waals surface area contributed by atoms with Crippen molar-refractivity contribution < 1.29 is 0 Å². The van der Waals surface area contributed by atoms with Gasteiger partial charge in [-0.15, -0.1) is 11.8 Å². The summed E-state index contributed by atoms with van der Waals surface area (Å²) in [5, 5.41) is 1.20. The molecular formula is C7H9NS2. The van der Waals surface area contributed by atoms with E-state index in [2.05, 4.69) is 6.07 Å². The van der Waals surface area contributed by atoms with Crippen LogP contribution in [0.2, 0.25) is 0 Å². The van der Waals surface area contributed by atoms with Gasteiger partial charge in [-0.2, -0.15) is 0 Å². The normalized spacial score (nSPS) is 9.80. The molecule has 0 bridgehead atoms. The van der Waals surface area contributed by atoms with Gasteiger partial charge in [0.15, 0.2) is 0 Å². The Bertz CT molecular complexity index is 277. The number of rotatable bonds is 1. The molecule has 54 valence electrons. The molecule has 0 radical (unpaired) electrons. The van der Waals surface area contributed by atoms with Crippen LogP contribution in [0.25, 0.3) is 0 Å². The van der Waals surface area contributed by atoms with Crippen molar-refractivity contribution in [2.24, 2.45) is 7.05 Å². The van der Waals surface area contributed by atoms with Crippen molar-refractivity contribution in [3.05, 3.63) is 22.8 Å². The molecule has 0 aliphatic rings. The predicted octanol–water partition coefficient (Wildman–Crippen LogP) is 2.48. The summed E-state index contributed by atoms with van der Waals surface area (Å²) >= 11 is 6.76. The molecule has 0 saturated carbocycles. The van der Waals surface area contributed by atoms with Gasteiger partial charge in [-0.05, 0) is 18.4 Å². The minimum Gasteiger partial charge on any atom is -0.330 e. The van der Waals surface area contributed by atoms with Crippen molar-refractivity contribution in [1.82, 2.24) is 4.57 Å². The van der Waals surface area contributed by atoms with Crippen molar-refractivity contribution in [3.63, 3.8) is 0 Å². The van der Waals surface area contributed by atoms with Crippen molar-refractivity contribution in [2.45, 2.75) is 5.03 Å². The first-order chi connectivity index (χ1) is 4.75. The van der Waals surface area contributed by atoms with E-state index in [4.69, 9.17) is 12.2 Å². The fourth-order valence-electron chi connectivity index (χ4n) is 0.750. The van der Waals surface area contributed by atoms with Crippen LogP contribution < -0.4 is 0 Å². The predicted molar refractivity (Wildman–Crippen MR) is 48.0 cm³/mol. The van der Waals surface area contributed by atoms with E-state index in [1.165, 1.54) is 5.03 Å². The lowest BCUT2D eigenvalue weighted by atomic mass is 10.5. The van der Waals surface area contributed by atoms with Gasteiger partial charge in [-0.1, -0.05) is 18.3 Å². The van der Waals surface area contributed by atoms with E-state index in [1.807, 2.05) is 30.0 Å². The largest absolute Gasteiger partial charge is 0.330 e. The summed E-state index contributed by atoms with van der Waals surface area (Å²) in [4.78, 5) is 0. The van der Waals surface area contributed by atoms with Crippen LogP contribution in [0, 0.1) is 4.64 Å². The van der Waals surface area contributed by atoms with Gasteiger partial charge in [0.1, 0.15) is 4.64 Å².